The van der Waals surface area contributed by atoms with Gasteiger partial charge in [0.15, 0.2) is 6.54 Å². The van der Waals surface area contributed by atoms with Crippen LogP contribution in [-0.4, -0.2) is 48.9 Å². The van der Waals surface area contributed by atoms with Crippen molar-refractivity contribution in [2.45, 2.75) is 6.92 Å². The van der Waals surface area contributed by atoms with Crippen LogP contribution >= 0.6 is 7.77 Å². The van der Waals surface area contributed by atoms with Crippen LogP contribution in [0, 0.1) is 0 Å². The monoisotopic (exact) mass is 178 g/mol. The average Bonchev–Trinajstić information content (AvgIpc) is 1.82. The number of aliphatic hydroxyl groups is 1. The first-order chi connectivity index (χ1) is 4.87. The maximum absolute atomic E-state index is 11.0. The van der Waals surface area contributed by atoms with Crippen molar-refractivity contribution in [1.29, 1.82) is 0 Å². The second-order valence-corrected chi connectivity index (χ2v) is 5.47. The molecule has 0 aromatic rings. The van der Waals surface area contributed by atoms with Crippen molar-refractivity contribution in [2.75, 3.05) is 33.8 Å². The SMILES string of the molecule is CC/[P+]([O-])=C(\O)C[N+](C)(C)C. The molecule has 0 aliphatic carbocycles. The Hall–Kier alpha value is 0.0500. The third-order valence-electron chi connectivity index (χ3n) is 1.19. The Labute approximate surface area is 69.3 Å². The van der Waals surface area contributed by atoms with E-state index in [2.05, 4.69) is 0 Å². The van der Waals surface area contributed by atoms with Crippen LogP contribution in [0.5, 0.6) is 0 Å². The maximum atomic E-state index is 11.0. The van der Waals surface area contributed by atoms with Crippen molar-refractivity contribution in [2.24, 2.45) is 0 Å². The Bertz CT molecular complexity index is 160. The highest BCUT2D eigenvalue weighted by Gasteiger charge is 2.15. The summed E-state index contributed by atoms with van der Waals surface area (Å²) in [6.45, 7) is 2.29. The number of quaternary nitrogens is 1. The van der Waals surface area contributed by atoms with Crippen molar-refractivity contribution < 1.29 is 14.5 Å². The molecule has 3 nitrogen and oxygen atoms in total. The van der Waals surface area contributed by atoms with Gasteiger partial charge in [0.1, 0.15) is 6.16 Å². The zero-order chi connectivity index (χ0) is 9.07. The van der Waals surface area contributed by atoms with Gasteiger partial charge in [-0.05, 0) is 6.92 Å². The molecule has 0 amide bonds. The van der Waals surface area contributed by atoms with Gasteiger partial charge >= 0.3 is 0 Å². The van der Waals surface area contributed by atoms with E-state index in [-0.39, 0.29) is 5.48 Å². The van der Waals surface area contributed by atoms with E-state index in [0.29, 0.717) is 17.2 Å². The van der Waals surface area contributed by atoms with Crippen LogP contribution in [0.25, 0.3) is 0 Å². The lowest BCUT2D eigenvalue weighted by Gasteiger charge is -2.21. The molecule has 1 unspecified atom stereocenters. The lowest BCUT2D eigenvalue weighted by atomic mass is 10.5. The van der Waals surface area contributed by atoms with Crippen molar-refractivity contribution in [3.05, 3.63) is 0 Å². The Morgan fingerprint density at radius 3 is 2.18 bits per heavy atom. The molecule has 0 aliphatic rings. The Morgan fingerprint density at radius 2 is 1.91 bits per heavy atom. The van der Waals surface area contributed by atoms with Gasteiger partial charge in [0.2, 0.25) is 0 Å². The third kappa shape index (κ3) is 5.33. The zero-order valence-corrected chi connectivity index (χ0v) is 8.56. The van der Waals surface area contributed by atoms with E-state index in [1.807, 2.05) is 28.1 Å². The zero-order valence-electron chi connectivity index (χ0n) is 7.66. The van der Waals surface area contributed by atoms with Gasteiger partial charge in [0.25, 0.3) is 5.48 Å². The predicted molar refractivity (Wildman–Crippen MR) is 47.3 cm³/mol. The molecule has 0 saturated heterocycles. The summed E-state index contributed by atoms with van der Waals surface area (Å²) in [5.74, 6) is 0. The lowest BCUT2D eigenvalue weighted by Crippen LogP contribution is -2.39. The van der Waals surface area contributed by atoms with Gasteiger partial charge in [-0.2, -0.15) is 0 Å². The molecule has 1 N–H and O–H groups in total. The second kappa shape index (κ2) is 4.17. The Morgan fingerprint density at radius 1 is 1.45 bits per heavy atom. The molecule has 1 atom stereocenters. The highest BCUT2D eigenvalue weighted by atomic mass is 31.1. The van der Waals surface area contributed by atoms with Crippen molar-refractivity contribution in [3.63, 3.8) is 0 Å². The molecular weight excluding hydrogens is 161 g/mol. The van der Waals surface area contributed by atoms with E-state index in [1.54, 1.807) is 0 Å². The van der Waals surface area contributed by atoms with Gasteiger partial charge < -0.3 is 14.5 Å². The second-order valence-electron chi connectivity index (χ2n) is 3.56. The molecule has 0 aliphatic heterocycles. The van der Waals surface area contributed by atoms with Crippen molar-refractivity contribution in [1.82, 2.24) is 0 Å². The topological polar surface area (TPSA) is 43.3 Å². The summed E-state index contributed by atoms with van der Waals surface area (Å²) in [6.07, 6.45) is 0.529. The fourth-order valence-electron chi connectivity index (χ4n) is 0.686. The van der Waals surface area contributed by atoms with Crippen LogP contribution in [0.15, 0.2) is 0 Å². The van der Waals surface area contributed by atoms with Gasteiger partial charge in [-0.3, -0.25) is 0 Å². The summed E-state index contributed by atoms with van der Waals surface area (Å²) in [5.41, 5.74) is 0.134. The summed E-state index contributed by atoms with van der Waals surface area (Å²) in [6, 6.07) is 0. The molecule has 0 radical (unpaired) electrons. The predicted octanol–water partition coefficient (Wildman–Crippen LogP) is -0.0279. The van der Waals surface area contributed by atoms with Crippen LogP contribution in [-0.2, 0) is 0 Å². The molecule has 11 heavy (non-hydrogen) atoms. The summed E-state index contributed by atoms with van der Waals surface area (Å²) >= 11 is 0. The molecule has 0 rings (SSSR count). The molecule has 0 bridgehead atoms. The molecule has 0 fully saturated rings. The Kier molecular flexibility index (Phi) is 4.19. The van der Waals surface area contributed by atoms with Gasteiger partial charge in [-0.25, -0.2) is 0 Å². The fourth-order valence-corrected chi connectivity index (χ4v) is 1.63. The van der Waals surface area contributed by atoms with Crippen LogP contribution in [0.3, 0.4) is 0 Å². The molecule has 4 heteroatoms. The van der Waals surface area contributed by atoms with Crippen molar-refractivity contribution in [3.8, 4) is 0 Å². The van der Waals surface area contributed by atoms with E-state index in [1.165, 1.54) is 0 Å². The molecule has 66 valence electrons. The highest BCUT2D eigenvalue weighted by Crippen LogP contribution is 2.11. The van der Waals surface area contributed by atoms with Crippen LogP contribution < -0.4 is 4.89 Å². The molecular formula is C7H17NO2P+. The highest BCUT2D eigenvalue weighted by molar-refractivity contribution is 7.51. The lowest BCUT2D eigenvalue weighted by molar-refractivity contribution is -0.861. The molecule has 0 saturated carbocycles. The van der Waals surface area contributed by atoms with Crippen LogP contribution in [0.2, 0.25) is 0 Å². The maximum Gasteiger partial charge on any atom is 0.273 e. The summed E-state index contributed by atoms with van der Waals surface area (Å²) in [4.78, 5) is 11.0. The number of likely N-dealkylation sites (N-methyl/N-ethyl adjacent to an activating group) is 1. The standard InChI is InChI=1S/C7H16NO2P/c1-5-11(10)7(9)6-8(2,3)4/h5-6H2,1-4H3/p+1. The van der Waals surface area contributed by atoms with E-state index >= 15 is 0 Å². The normalized spacial score (nSPS) is 14.7. The van der Waals surface area contributed by atoms with E-state index in [4.69, 9.17) is 0 Å². The summed E-state index contributed by atoms with van der Waals surface area (Å²) in [7, 11) is 4.36. The van der Waals surface area contributed by atoms with Crippen molar-refractivity contribution >= 4 is 13.3 Å². The summed E-state index contributed by atoms with van der Waals surface area (Å²) in [5, 5.41) is 9.27. The van der Waals surface area contributed by atoms with E-state index < -0.39 is 7.77 Å². The minimum Gasteiger partial charge on any atom is -0.629 e. The number of rotatable bonds is 3. The van der Waals surface area contributed by atoms with Gasteiger partial charge in [-0.1, -0.05) is 0 Å². The quantitative estimate of drug-likeness (QED) is 0.487. The molecule has 0 spiro atoms. The molecule has 0 aromatic carbocycles. The Balaban J connectivity index is 4.17. The fraction of sp³-hybridized carbons (Fsp3) is 0.857. The number of hydrogen-bond donors (Lipinski definition) is 1. The molecule has 0 heterocycles. The van der Waals surface area contributed by atoms with Crippen LogP contribution in [0.1, 0.15) is 6.92 Å². The molecule has 0 aromatic heterocycles. The first kappa shape index (κ1) is 11.1. The number of hydrogen-bond acceptors (Lipinski definition) is 1. The first-order valence-corrected chi connectivity index (χ1v) is 5.11. The minimum atomic E-state index is -1.50. The van der Waals surface area contributed by atoms with Crippen LogP contribution in [0.4, 0.5) is 0 Å². The van der Waals surface area contributed by atoms with Gasteiger partial charge in [0, 0.05) is 0 Å². The van der Waals surface area contributed by atoms with E-state index in [0.717, 1.165) is 0 Å². The smallest absolute Gasteiger partial charge is 0.273 e. The largest absolute Gasteiger partial charge is 0.629 e. The average molecular weight is 178 g/mol. The minimum absolute atomic E-state index is 0.134. The van der Waals surface area contributed by atoms with Gasteiger partial charge in [0.05, 0.1) is 28.9 Å². The first-order valence-electron chi connectivity index (χ1n) is 3.66. The number of nitrogens with zero attached hydrogens (tertiary/aromatic N) is 1. The summed E-state index contributed by atoms with van der Waals surface area (Å²) < 4.78 is 0.618. The van der Waals surface area contributed by atoms with Gasteiger partial charge in [-0.15, -0.1) is 0 Å². The van der Waals surface area contributed by atoms with E-state index in [9.17, 15) is 10.00 Å². The number of aliphatic hydroxyl groups excluding tert-OH is 1. The third-order valence-corrected chi connectivity index (χ3v) is 2.48.